The van der Waals surface area contributed by atoms with E-state index < -0.39 is 0 Å². The number of aromatic nitrogens is 2. The minimum atomic E-state index is 0.449. The van der Waals surface area contributed by atoms with Crippen molar-refractivity contribution in [1.29, 1.82) is 0 Å². The predicted octanol–water partition coefficient (Wildman–Crippen LogP) is 7.89. The van der Waals surface area contributed by atoms with Crippen molar-refractivity contribution in [3.8, 4) is 22.6 Å². The zero-order chi connectivity index (χ0) is 23.2. The maximum atomic E-state index is 4.62. The number of benzene rings is 3. The van der Waals surface area contributed by atoms with E-state index >= 15 is 0 Å². The number of rotatable bonds is 8. The molecule has 0 bridgehead atoms. The summed E-state index contributed by atoms with van der Waals surface area (Å²) in [4.78, 5) is 10.7. The third kappa shape index (κ3) is 5.48. The smallest absolute Gasteiger partial charge is 0.137 e. The van der Waals surface area contributed by atoms with E-state index in [1.807, 2.05) is 24.4 Å². The van der Waals surface area contributed by atoms with Crippen LogP contribution < -0.4 is 0 Å². The van der Waals surface area contributed by atoms with Crippen LogP contribution in [-0.2, 0) is 6.54 Å². The van der Waals surface area contributed by atoms with Gasteiger partial charge in [0.1, 0.15) is 5.82 Å². The Balaban J connectivity index is 1.33. The first-order valence-corrected chi connectivity index (χ1v) is 12.7. The van der Waals surface area contributed by atoms with Gasteiger partial charge in [0.05, 0.1) is 11.9 Å². The highest BCUT2D eigenvalue weighted by atomic mass is 15.1. The van der Waals surface area contributed by atoms with Crippen LogP contribution in [-0.4, -0.2) is 21.9 Å². The molecule has 1 atom stereocenters. The number of imidazole rings is 1. The van der Waals surface area contributed by atoms with Crippen molar-refractivity contribution in [2.24, 2.45) is 5.92 Å². The molecule has 0 amide bonds. The molecule has 1 N–H and O–H groups in total. The molecular formula is C31H35N3. The van der Waals surface area contributed by atoms with Gasteiger partial charge in [-0.25, -0.2) is 4.98 Å². The molecule has 1 saturated carbocycles. The summed E-state index contributed by atoms with van der Waals surface area (Å²) in [7, 11) is 2.29. The molecule has 4 aromatic rings. The Labute approximate surface area is 203 Å². The van der Waals surface area contributed by atoms with Gasteiger partial charge >= 0.3 is 0 Å². The summed E-state index contributed by atoms with van der Waals surface area (Å²) in [5, 5.41) is 0. The molecule has 0 saturated heterocycles. The van der Waals surface area contributed by atoms with Gasteiger partial charge in [-0.2, -0.15) is 0 Å². The van der Waals surface area contributed by atoms with E-state index in [4.69, 9.17) is 0 Å². The van der Waals surface area contributed by atoms with Crippen molar-refractivity contribution >= 4 is 0 Å². The second-order valence-electron chi connectivity index (χ2n) is 9.79. The lowest BCUT2D eigenvalue weighted by Gasteiger charge is -2.33. The van der Waals surface area contributed by atoms with E-state index in [0.29, 0.717) is 6.04 Å². The van der Waals surface area contributed by atoms with E-state index in [1.54, 1.807) is 0 Å². The Morgan fingerprint density at radius 1 is 0.853 bits per heavy atom. The van der Waals surface area contributed by atoms with Crippen LogP contribution in [0.1, 0.15) is 55.7 Å². The van der Waals surface area contributed by atoms with Crippen LogP contribution in [0.5, 0.6) is 0 Å². The molecule has 1 aliphatic carbocycles. The van der Waals surface area contributed by atoms with Gasteiger partial charge in [-0.1, -0.05) is 111 Å². The average Bonchev–Trinajstić information content (AvgIpc) is 3.40. The van der Waals surface area contributed by atoms with Crippen molar-refractivity contribution in [1.82, 2.24) is 14.9 Å². The second kappa shape index (κ2) is 10.8. The van der Waals surface area contributed by atoms with Crippen LogP contribution in [0.25, 0.3) is 22.6 Å². The highest BCUT2D eigenvalue weighted by molar-refractivity contribution is 5.64. The molecule has 1 aromatic heterocycles. The summed E-state index contributed by atoms with van der Waals surface area (Å²) in [6, 6.07) is 30.7. The fourth-order valence-electron chi connectivity index (χ4n) is 5.43. The zero-order valence-corrected chi connectivity index (χ0v) is 20.2. The van der Waals surface area contributed by atoms with Gasteiger partial charge in [0.2, 0.25) is 0 Å². The summed E-state index contributed by atoms with van der Waals surface area (Å²) in [6.07, 6.45) is 10.2. The number of H-pyrrole nitrogens is 1. The van der Waals surface area contributed by atoms with Crippen molar-refractivity contribution in [2.45, 2.75) is 51.1 Å². The van der Waals surface area contributed by atoms with Crippen LogP contribution in [0.2, 0.25) is 0 Å². The van der Waals surface area contributed by atoms with E-state index in [2.05, 4.69) is 88.6 Å². The molecule has 174 valence electrons. The molecule has 3 heteroatoms. The van der Waals surface area contributed by atoms with Gasteiger partial charge in [-0.05, 0) is 42.1 Å². The molecule has 0 radical (unpaired) electrons. The lowest BCUT2D eigenvalue weighted by atomic mass is 9.83. The largest absolute Gasteiger partial charge is 0.338 e. The van der Waals surface area contributed by atoms with Gasteiger partial charge in [0.25, 0.3) is 0 Å². The fourth-order valence-corrected chi connectivity index (χ4v) is 5.43. The van der Waals surface area contributed by atoms with E-state index in [9.17, 15) is 0 Å². The van der Waals surface area contributed by atoms with Gasteiger partial charge in [0, 0.05) is 18.2 Å². The lowest BCUT2D eigenvalue weighted by Crippen LogP contribution is -2.27. The second-order valence-corrected chi connectivity index (χ2v) is 9.79. The van der Waals surface area contributed by atoms with Crippen LogP contribution in [0, 0.1) is 5.92 Å². The Bertz CT molecular complexity index is 1160. The molecule has 0 spiro atoms. The van der Waals surface area contributed by atoms with Gasteiger partial charge in [-0.3, -0.25) is 4.90 Å². The fraction of sp³-hybridized carbons (Fsp3) is 0.323. The molecule has 1 heterocycles. The molecule has 34 heavy (non-hydrogen) atoms. The summed E-state index contributed by atoms with van der Waals surface area (Å²) in [6.45, 7) is 0.930. The molecule has 1 aliphatic rings. The summed E-state index contributed by atoms with van der Waals surface area (Å²) < 4.78 is 0. The minimum absolute atomic E-state index is 0.449. The third-order valence-electron chi connectivity index (χ3n) is 7.29. The van der Waals surface area contributed by atoms with Crippen LogP contribution in [0.3, 0.4) is 0 Å². The maximum Gasteiger partial charge on any atom is 0.137 e. The van der Waals surface area contributed by atoms with Gasteiger partial charge in [-0.15, -0.1) is 0 Å². The Morgan fingerprint density at radius 3 is 2.32 bits per heavy atom. The van der Waals surface area contributed by atoms with Gasteiger partial charge < -0.3 is 4.98 Å². The number of nitrogens with one attached hydrogen (secondary N) is 1. The molecule has 5 rings (SSSR count). The Hall–Kier alpha value is -3.17. The number of hydrogen-bond donors (Lipinski definition) is 1. The molecule has 3 aromatic carbocycles. The van der Waals surface area contributed by atoms with E-state index in [0.717, 1.165) is 29.5 Å². The molecule has 1 fully saturated rings. The van der Waals surface area contributed by atoms with Gasteiger partial charge in [0.15, 0.2) is 0 Å². The first-order chi connectivity index (χ1) is 16.8. The number of hydrogen-bond acceptors (Lipinski definition) is 2. The highest BCUT2D eigenvalue weighted by Crippen LogP contribution is 2.35. The topological polar surface area (TPSA) is 31.9 Å². The van der Waals surface area contributed by atoms with E-state index in [-0.39, 0.29) is 0 Å². The number of aromatic amines is 1. The van der Waals surface area contributed by atoms with Crippen LogP contribution in [0.4, 0.5) is 0 Å². The van der Waals surface area contributed by atoms with Crippen molar-refractivity contribution < 1.29 is 0 Å². The van der Waals surface area contributed by atoms with Crippen molar-refractivity contribution in [2.75, 3.05) is 7.05 Å². The predicted molar refractivity (Wildman–Crippen MR) is 141 cm³/mol. The summed E-state index contributed by atoms with van der Waals surface area (Å²) in [5.41, 5.74) is 6.13. The summed E-state index contributed by atoms with van der Waals surface area (Å²) in [5.74, 6) is 1.75. The summed E-state index contributed by atoms with van der Waals surface area (Å²) >= 11 is 0. The lowest BCUT2D eigenvalue weighted by molar-refractivity contribution is 0.181. The van der Waals surface area contributed by atoms with Crippen molar-refractivity contribution in [3.05, 3.63) is 102 Å². The first-order valence-electron chi connectivity index (χ1n) is 12.7. The Kier molecular flexibility index (Phi) is 7.21. The molecule has 1 unspecified atom stereocenters. The molecular weight excluding hydrogens is 414 g/mol. The Morgan fingerprint density at radius 2 is 1.56 bits per heavy atom. The monoisotopic (exact) mass is 449 g/mol. The SMILES string of the molecule is CN(Cc1cccc(-c2cnc(-c3ccccc3)[nH]2)c1)C(CC1CCCCC1)c1ccccc1. The van der Waals surface area contributed by atoms with Crippen molar-refractivity contribution in [3.63, 3.8) is 0 Å². The molecule has 3 nitrogen and oxygen atoms in total. The standard InChI is InChI=1S/C31H35N3/c1-34(30(26-15-7-3-8-16-26)21-24-12-5-2-6-13-24)23-25-14-11-19-28(20-25)29-22-32-31(33-29)27-17-9-4-10-18-27/h3-4,7-11,14-20,22,24,30H,2,5-6,12-13,21,23H2,1H3,(H,32,33). The average molecular weight is 450 g/mol. The highest BCUT2D eigenvalue weighted by Gasteiger charge is 2.23. The molecule has 0 aliphatic heterocycles. The first kappa shape index (κ1) is 22.6. The minimum Gasteiger partial charge on any atom is -0.338 e. The van der Waals surface area contributed by atoms with Crippen LogP contribution in [0.15, 0.2) is 91.1 Å². The van der Waals surface area contributed by atoms with Crippen LogP contribution >= 0.6 is 0 Å². The maximum absolute atomic E-state index is 4.62. The number of nitrogens with zero attached hydrogens (tertiary/aromatic N) is 2. The quantitative estimate of drug-likeness (QED) is 0.297. The normalized spacial score (nSPS) is 15.5. The third-order valence-corrected chi connectivity index (χ3v) is 7.29. The van der Waals surface area contributed by atoms with E-state index in [1.165, 1.54) is 55.2 Å². The zero-order valence-electron chi connectivity index (χ0n) is 20.2.